The summed E-state index contributed by atoms with van der Waals surface area (Å²) in [6.07, 6.45) is 12.1. The van der Waals surface area contributed by atoms with Gasteiger partial charge in [-0.3, -0.25) is 14.4 Å². The van der Waals surface area contributed by atoms with Gasteiger partial charge in [-0.15, -0.1) is 6.42 Å². The Hall–Kier alpha value is -4.51. The van der Waals surface area contributed by atoms with Gasteiger partial charge in [0, 0.05) is 45.9 Å². The lowest BCUT2D eigenvalue weighted by molar-refractivity contribution is -0.135. The number of hydrogen-bond donors (Lipinski definition) is 3. The second kappa shape index (κ2) is 11.3. The summed E-state index contributed by atoms with van der Waals surface area (Å²) in [5, 5.41) is 9.91. The third-order valence-corrected chi connectivity index (χ3v) is 8.96. The summed E-state index contributed by atoms with van der Waals surface area (Å²) in [5.74, 6) is 2.19. The third-order valence-electron chi connectivity index (χ3n) is 8.44. The van der Waals surface area contributed by atoms with Gasteiger partial charge in [0.2, 0.25) is 11.8 Å². The van der Waals surface area contributed by atoms with Gasteiger partial charge in [-0.05, 0) is 84.5 Å². The minimum atomic E-state index is -1.24. The molecule has 3 N–H and O–H groups in total. The van der Waals surface area contributed by atoms with E-state index in [0.717, 1.165) is 5.56 Å². The van der Waals surface area contributed by atoms with Crippen molar-refractivity contribution in [2.75, 3.05) is 12.4 Å². The molecule has 1 spiro atoms. The highest BCUT2D eigenvalue weighted by Crippen LogP contribution is 2.58. The van der Waals surface area contributed by atoms with Crippen LogP contribution >= 0.6 is 23.2 Å². The number of hydrogen-bond acceptors (Lipinski definition) is 4. The molecule has 1 unspecified atom stereocenters. The standard InChI is InChI=1S/C34H27Cl2N3O4/c1-3-19-7-14-29(43-24-11-8-20(9-12-24)32(41)37-2)25(15-19)31-34(26-13-10-23(36)17-28(26)38-33(34)42)27(18-30(40)39-31)21-5-4-6-22(35)16-21/h1,4-15,17,21,27,31H,16,18H2,2H3,(H,37,41)(H,38,42)(H,39,40)/t21?,27-,31+,34-/m0/s1. The molecular weight excluding hydrogens is 585 g/mol. The Kier molecular flexibility index (Phi) is 7.51. The van der Waals surface area contributed by atoms with Crippen LogP contribution in [0.25, 0.3) is 0 Å². The minimum Gasteiger partial charge on any atom is -0.457 e. The summed E-state index contributed by atoms with van der Waals surface area (Å²) >= 11 is 12.8. The highest BCUT2D eigenvalue weighted by atomic mass is 35.5. The van der Waals surface area contributed by atoms with Crippen molar-refractivity contribution in [2.24, 2.45) is 11.8 Å². The summed E-state index contributed by atoms with van der Waals surface area (Å²) in [5.41, 5.74) is 1.65. The maximum absolute atomic E-state index is 14.4. The number of allylic oxidation sites excluding steroid dienone is 4. The van der Waals surface area contributed by atoms with Gasteiger partial charge in [-0.25, -0.2) is 0 Å². The quantitative estimate of drug-likeness (QED) is 0.298. The van der Waals surface area contributed by atoms with Gasteiger partial charge in [-0.2, -0.15) is 0 Å². The highest BCUT2D eigenvalue weighted by molar-refractivity contribution is 6.31. The van der Waals surface area contributed by atoms with Crippen molar-refractivity contribution in [3.63, 3.8) is 0 Å². The molecule has 1 fully saturated rings. The topological polar surface area (TPSA) is 96.5 Å². The number of carbonyl (C=O) groups is 3. The molecule has 6 rings (SSSR count). The fourth-order valence-corrected chi connectivity index (χ4v) is 6.97. The zero-order valence-electron chi connectivity index (χ0n) is 23.1. The number of amides is 3. The Morgan fingerprint density at radius 2 is 1.86 bits per heavy atom. The van der Waals surface area contributed by atoms with E-state index >= 15 is 0 Å². The lowest BCUT2D eigenvalue weighted by atomic mass is 9.57. The number of terminal acetylenes is 1. The summed E-state index contributed by atoms with van der Waals surface area (Å²) in [6, 6.07) is 16.4. The van der Waals surface area contributed by atoms with E-state index in [2.05, 4.69) is 21.9 Å². The smallest absolute Gasteiger partial charge is 0.251 e. The summed E-state index contributed by atoms with van der Waals surface area (Å²) in [7, 11) is 1.56. The molecule has 1 saturated heterocycles. The van der Waals surface area contributed by atoms with Crippen molar-refractivity contribution in [1.29, 1.82) is 0 Å². The van der Waals surface area contributed by atoms with E-state index < -0.39 is 17.4 Å². The molecule has 1 aliphatic carbocycles. The van der Waals surface area contributed by atoms with Gasteiger partial charge in [-0.1, -0.05) is 47.3 Å². The number of rotatable bonds is 5. The normalized spacial score (nSPS) is 24.0. The molecule has 4 atom stereocenters. The molecule has 0 aromatic heterocycles. The molecule has 43 heavy (non-hydrogen) atoms. The number of fused-ring (bicyclic) bond motifs is 2. The van der Waals surface area contributed by atoms with Crippen LogP contribution in [0.4, 0.5) is 5.69 Å². The lowest BCUT2D eigenvalue weighted by Gasteiger charge is -2.49. The first-order chi connectivity index (χ1) is 20.7. The van der Waals surface area contributed by atoms with Crippen LogP contribution in [0.1, 0.15) is 45.9 Å². The SMILES string of the molecule is C#Cc1ccc(Oc2ccc(C(=O)NC)cc2)c([C@H]2NC(=O)C[C@@H](C3C=CC=C(Cl)C3)[C@]23C(=O)Nc2cc(Cl)ccc23)c1. The molecule has 7 nitrogen and oxygen atoms in total. The van der Waals surface area contributed by atoms with Crippen molar-refractivity contribution in [3.8, 4) is 23.8 Å². The van der Waals surface area contributed by atoms with E-state index in [4.69, 9.17) is 34.4 Å². The number of carbonyl (C=O) groups excluding carboxylic acids is 3. The van der Waals surface area contributed by atoms with Crippen LogP contribution in [0.2, 0.25) is 5.02 Å². The van der Waals surface area contributed by atoms with Crippen LogP contribution in [-0.4, -0.2) is 24.8 Å². The molecule has 3 aromatic rings. The maximum atomic E-state index is 14.4. The number of anilines is 1. The third kappa shape index (κ3) is 4.97. The van der Waals surface area contributed by atoms with E-state index in [9.17, 15) is 14.4 Å². The Balaban J connectivity index is 1.53. The van der Waals surface area contributed by atoms with E-state index in [1.54, 1.807) is 61.6 Å². The molecule has 2 aliphatic heterocycles. The van der Waals surface area contributed by atoms with Crippen LogP contribution < -0.4 is 20.7 Å². The highest BCUT2D eigenvalue weighted by Gasteiger charge is 2.62. The molecule has 3 aliphatic rings. The van der Waals surface area contributed by atoms with Crippen LogP contribution in [0.5, 0.6) is 11.5 Å². The molecule has 0 radical (unpaired) electrons. The fraction of sp³-hybridized carbons (Fsp3) is 0.206. The van der Waals surface area contributed by atoms with Gasteiger partial charge >= 0.3 is 0 Å². The number of benzene rings is 3. The Morgan fingerprint density at radius 1 is 1.07 bits per heavy atom. The largest absolute Gasteiger partial charge is 0.457 e. The summed E-state index contributed by atoms with van der Waals surface area (Å²) in [4.78, 5) is 39.9. The monoisotopic (exact) mass is 611 g/mol. The Morgan fingerprint density at radius 3 is 2.58 bits per heavy atom. The summed E-state index contributed by atoms with van der Waals surface area (Å²) < 4.78 is 6.36. The number of nitrogens with one attached hydrogen (secondary N) is 3. The summed E-state index contributed by atoms with van der Waals surface area (Å²) in [6.45, 7) is 0. The number of halogens is 2. The van der Waals surface area contributed by atoms with Crippen LogP contribution in [0.3, 0.4) is 0 Å². The average molecular weight is 613 g/mol. The molecule has 2 heterocycles. The van der Waals surface area contributed by atoms with Gasteiger partial charge in [0.1, 0.15) is 16.9 Å². The number of ether oxygens (including phenoxy) is 1. The first-order valence-corrected chi connectivity index (χ1v) is 14.5. The minimum absolute atomic E-state index is 0.108. The van der Waals surface area contributed by atoms with Gasteiger partial charge in [0.25, 0.3) is 5.91 Å². The zero-order chi connectivity index (χ0) is 30.3. The fourth-order valence-electron chi connectivity index (χ4n) is 6.55. The molecule has 9 heteroatoms. The van der Waals surface area contributed by atoms with E-state index in [0.29, 0.717) is 50.4 Å². The molecule has 0 saturated carbocycles. The van der Waals surface area contributed by atoms with Crippen LogP contribution in [-0.2, 0) is 15.0 Å². The number of piperidine rings is 1. The van der Waals surface area contributed by atoms with Gasteiger partial charge < -0.3 is 20.7 Å². The van der Waals surface area contributed by atoms with Crippen molar-refractivity contribution < 1.29 is 19.1 Å². The van der Waals surface area contributed by atoms with Crippen molar-refractivity contribution >= 4 is 46.6 Å². The first-order valence-electron chi connectivity index (χ1n) is 13.8. The Labute approximate surface area is 259 Å². The van der Waals surface area contributed by atoms with E-state index in [1.807, 2.05) is 24.3 Å². The molecular formula is C34H27Cl2N3O4. The van der Waals surface area contributed by atoms with Crippen LogP contribution in [0, 0.1) is 24.2 Å². The average Bonchev–Trinajstić information content (AvgIpc) is 3.29. The lowest BCUT2D eigenvalue weighted by Crippen LogP contribution is -2.59. The predicted molar refractivity (Wildman–Crippen MR) is 166 cm³/mol. The molecule has 3 amide bonds. The second-order valence-corrected chi connectivity index (χ2v) is 11.7. The van der Waals surface area contributed by atoms with Crippen molar-refractivity contribution in [3.05, 3.63) is 111 Å². The van der Waals surface area contributed by atoms with Crippen molar-refractivity contribution in [1.82, 2.24) is 10.6 Å². The second-order valence-electron chi connectivity index (χ2n) is 10.8. The molecule has 3 aromatic carbocycles. The van der Waals surface area contributed by atoms with Crippen LogP contribution in [0.15, 0.2) is 83.9 Å². The van der Waals surface area contributed by atoms with Crippen molar-refractivity contribution in [2.45, 2.75) is 24.3 Å². The predicted octanol–water partition coefficient (Wildman–Crippen LogP) is 6.24. The first kappa shape index (κ1) is 28.6. The van der Waals surface area contributed by atoms with E-state index in [1.165, 1.54) is 0 Å². The van der Waals surface area contributed by atoms with E-state index in [-0.39, 0.29) is 30.1 Å². The zero-order valence-corrected chi connectivity index (χ0v) is 24.6. The molecule has 216 valence electrons. The van der Waals surface area contributed by atoms with Gasteiger partial charge in [0.05, 0.1) is 6.04 Å². The van der Waals surface area contributed by atoms with Gasteiger partial charge in [0.15, 0.2) is 0 Å². The molecule has 0 bridgehead atoms. The maximum Gasteiger partial charge on any atom is 0.251 e. The Bertz CT molecular complexity index is 1760.